The first-order valence-corrected chi connectivity index (χ1v) is 7.07. The van der Waals surface area contributed by atoms with Crippen LogP contribution in [-0.2, 0) is 11.3 Å². The van der Waals surface area contributed by atoms with E-state index in [1.54, 1.807) is 6.20 Å². The number of nitrogens with zero attached hydrogens (tertiary/aromatic N) is 2. The van der Waals surface area contributed by atoms with Crippen LogP contribution in [0.2, 0.25) is 0 Å². The van der Waals surface area contributed by atoms with E-state index in [2.05, 4.69) is 10.3 Å². The smallest absolute Gasteiger partial charge is 0.220 e. The molecule has 1 N–H and O–H groups in total. The van der Waals surface area contributed by atoms with Crippen LogP contribution in [0.25, 0.3) is 0 Å². The number of aromatic nitrogens is 2. The van der Waals surface area contributed by atoms with E-state index in [4.69, 9.17) is 0 Å². The van der Waals surface area contributed by atoms with E-state index in [0.717, 1.165) is 25.9 Å². The number of aryl methyl sites for hydroxylation is 1. The van der Waals surface area contributed by atoms with Crippen molar-refractivity contribution in [2.24, 2.45) is 5.92 Å². The van der Waals surface area contributed by atoms with E-state index in [1.165, 1.54) is 32.1 Å². The maximum absolute atomic E-state index is 11.7. The van der Waals surface area contributed by atoms with Crippen LogP contribution in [0.1, 0.15) is 44.9 Å². The number of rotatable bonds is 6. The third kappa shape index (κ3) is 4.51. The summed E-state index contributed by atoms with van der Waals surface area (Å²) in [7, 11) is 0. The minimum atomic E-state index is 0.229. The lowest BCUT2D eigenvalue weighted by molar-refractivity contribution is -0.122. The van der Waals surface area contributed by atoms with Crippen molar-refractivity contribution < 1.29 is 4.79 Å². The van der Waals surface area contributed by atoms with Crippen LogP contribution in [0.5, 0.6) is 0 Å². The Morgan fingerprint density at radius 3 is 2.89 bits per heavy atom. The molecule has 1 saturated carbocycles. The number of hydrogen-bond acceptors (Lipinski definition) is 2. The molecule has 2 rings (SSSR count). The average Bonchev–Trinajstić information content (AvgIpc) is 2.89. The first kappa shape index (κ1) is 13.1. The predicted octanol–water partition coefficient (Wildman–Crippen LogP) is 2.36. The Bertz CT molecular complexity index is 342. The highest BCUT2D eigenvalue weighted by molar-refractivity contribution is 5.76. The molecule has 0 saturated heterocycles. The number of imidazole rings is 1. The molecule has 100 valence electrons. The van der Waals surface area contributed by atoms with Gasteiger partial charge in [0.2, 0.25) is 5.91 Å². The Kier molecular flexibility index (Phi) is 5.24. The summed E-state index contributed by atoms with van der Waals surface area (Å²) in [5, 5.41) is 3.02. The van der Waals surface area contributed by atoms with Gasteiger partial charge in [0, 0.05) is 31.9 Å². The van der Waals surface area contributed by atoms with Crippen LogP contribution in [0.15, 0.2) is 18.7 Å². The molecule has 1 aromatic heterocycles. The van der Waals surface area contributed by atoms with Crippen LogP contribution in [-0.4, -0.2) is 22.0 Å². The highest BCUT2D eigenvalue weighted by Crippen LogP contribution is 2.25. The van der Waals surface area contributed by atoms with Crippen molar-refractivity contribution in [2.75, 3.05) is 6.54 Å². The highest BCUT2D eigenvalue weighted by atomic mass is 16.1. The van der Waals surface area contributed by atoms with E-state index in [-0.39, 0.29) is 5.91 Å². The van der Waals surface area contributed by atoms with E-state index < -0.39 is 0 Å². The van der Waals surface area contributed by atoms with Crippen LogP contribution < -0.4 is 5.32 Å². The number of nitrogens with one attached hydrogen (secondary N) is 1. The molecular formula is C14H23N3O. The Labute approximate surface area is 109 Å². The van der Waals surface area contributed by atoms with Gasteiger partial charge in [0.05, 0.1) is 6.33 Å². The maximum Gasteiger partial charge on any atom is 0.220 e. The lowest BCUT2D eigenvalue weighted by Crippen LogP contribution is -2.27. The molecule has 0 unspecified atom stereocenters. The lowest BCUT2D eigenvalue weighted by Gasteiger charge is -2.20. The molecule has 4 heteroatoms. The van der Waals surface area contributed by atoms with Crippen LogP contribution in [0.4, 0.5) is 0 Å². The molecule has 4 nitrogen and oxygen atoms in total. The van der Waals surface area contributed by atoms with Gasteiger partial charge >= 0.3 is 0 Å². The topological polar surface area (TPSA) is 46.9 Å². The van der Waals surface area contributed by atoms with E-state index in [9.17, 15) is 4.79 Å². The summed E-state index contributed by atoms with van der Waals surface area (Å²) < 4.78 is 2.04. The number of amides is 1. The standard InChI is InChI=1S/C14H23N3O/c18-14(11-13-5-2-1-3-6-13)16-7-4-9-17-10-8-15-12-17/h8,10,12-13H,1-7,9,11H2,(H,16,18). The molecule has 1 amide bonds. The molecule has 18 heavy (non-hydrogen) atoms. The van der Waals surface area contributed by atoms with Crippen molar-refractivity contribution in [1.82, 2.24) is 14.9 Å². The summed E-state index contributed by atoms with van der Waals surface area (Å²) in [4.78, 5) is 15.7. The minimum Gasteiger partial charge on any atom is -0.356 e. The molecule has 0 radical (unpaired) electrons. The molecule has 1 aliphatic rings. The SMILES string of the molecule is O=C(CC1CCCCC1)NCCCn1ccnc1. The van der Waals surface area contributed by atoms with Crippen LogP contribution >= 0.6 is 0 Å². The third-order valence-electron chi connectivity index (χ3n) is 3.67. The van der Waals surface area contributed by atoms with Gasteiger partial charge in [-0.2, -0.15) is 0 Å². The first-order valence-electron chi connectivity index (χ1n) is 7.07. The van der Waals surface area contributed by atoms with Gasteiger partial charge < -0.3 is 9.88 Å². The summed E-state index contributed by atoms with van der Waals surface area (Å²) in [6.07, 6.45) is 13.7. The van der Waals surface area contributed by atoms with Crippen LogP contribution in [0.3, 0.4) is 0 Å². The van der Waals surface area contributed by atoms with Crippen molar-refractivity contribution in [3.63, 3.8) is 0 Å². The second-order valence-electron chi connectivity index (χ2n) is 5.21. The van der Waals surface area contributed by atoms with Gasteiger partial charge in [-0.05, 0) is 25.2 Å². The van der Waals surface area contributed by atoms with Gasteiger partial charge in [0.15, 0.2) is 0 Å². The predicted molar refractivity (Wildman–Crippen MR) is 71.0 cm³/mol. The van der Waals surface area contributed by atoms with Crippen LogP contribution in [0, 0.1) is 5.92 Å². The molecule has 0 bridgehead atoms. The average molecular weight is 249 g/mol. The Hall–Kier alpha value is -1.32. The Morgan fingerprint density at radius 2 is 2.17 bits per heavy atom. The third-order valence-corrected chi connectivity index (χ3v) is 3.67. The van der Waals surface area contributed by atoms with Crippen molar-refractivity contribution in [2.45, 2.75) is 51.5 Å². The second-order valence-corrected chi connectivity index (χ2v) is 5.21. The molecule has 1 heterocycles. The molecule has 0 aromatic carbocycles. The molecule has 1 aliphatic carbocycles. The van der Waals surface area contributed by atoms with Crippen molar-refractivity contribution in [3.8, 4) is 0 Å². The second kappa shape index (κ2) is 7.19. The van der Waals surface area contributed by atoms with Gasteiger partial charge in [-0.25, -0.2) is 4.98 Å². The van der Waals surface area contributed by atoms with E-state index in [0.29, 0.717) is 5.92 Å². The lowest BCUT2D eigenvalue weighted by atomic mass is 9.87. The normalized spacial score (nSPS) is 16.7. The highest BCUT2D eigenvalue weighted by Gasteiger charge is 2.16. The fraction of sp³-hybridized carbons (Fsp3) is 0.714. The minimum absolute atomic E-state index is 0.229. The van der Waals surface area contributed by atoms with Gasteiger partial charge in [0.25, 0.3) is 0 Å². The van der Waals surface area contributed by atoms with Crippen molar-refractivity contribution >= 4 is 5.91 Å². The maximum atomic E-state index is 11.7. The number of carbonyl (C=O) groups is 1. The summed E-state index contributed by atoms with van der Waals surface area (Å²) in [5.41, 5.74) is 0. The molecule has 1 aromatic rings. The zero-order valence-electron chi connectivity index (χ0n) is 11.0. The monoisotopic (exact) mass is 249 g/mol. The molecular weight excluding hydrogens is 226 g/mol. The summed E-state index contributed by atoms with van der Waals surface area (Å²) in [6.45, 7) is 1.69. The number of carbonyl (C=O) groups excluding carboxylic acids is 1. The quantitative estimate of drug-likeness (QED) is 0.787. The molecule has 0 aliphatic heterocycles. The van der Waals surface area contributed by atoms with Gasteiger partial charge in [-0.1, -0.05) is 19.3 Å². The van der Waals surface area contributed by atoms with Crippen molar-refractivity contribution in [3.05, 3.63) is 18.7 Å². The van der Waals surface area contributed by atoms with Gasteiger partial charge in [0.1, 0.15) is 0 Å². The summed E-state index contributed by atoms with van der Waals surface area (Å²) in [5.74, 6) is 0.861. The fourth-order valence-electron chi connectivity index (χ4n) is 2.63. The van der Waals surface area contributed by atoms with Gasteiger partial charge in [-0.15, -0.1) is 0 Å². The zero-order valence-corrected chi connectivity index (χ0v) is 11.0. The van der Waals surface area contributed by atoms with E-state index >= 15 is 0 Å². The zero-order chi connectivity index (χ0) is 12.6. The first-order chi connectivity index (χ1) is 8.84. The molecule has 0 atom stereocenters. The number of hydrogen-bond donors (Lipinski definition) is 1. The summed E-state index contributed by atoms with van der Waals surface area (Å²) >= 11 is 0. The Morgan fingerprint density at radius 1 is 1.33 bits per heavy atom. The van der Waals surface area contributed by atoms with Crippen molar-refractivity contribution in [1.29, 1.82) is 0 Å². The summed E-state index contributed by atoms with van der Waals surface area (Å²) in [6, 6.07) is 0. The Balaban J connectivity index is 1.54. The largest absolute Gasteiger partial charge is 0.356 e. The fourth-order valence-corrected chi connectivity index (χ4v) is 2.63. The van der Waals surface area contributed by atoms with Gasteiger partial charge in [-0.3, -0.25) is 4.79 Å². The molecule has 0 spiro atoms. The molecule has 1 fully saturated rings. The van der Waals surface area contributed by atoms with E-state index in [1.807, 2.05) is 17.1 Å².